The third-order valence-corrected chi connectivity index (χ3v) is 4.81. The van der Waals surface area contributed by atoms with Crippen LogP contribution in [-0.2, 0) is 9.53 Å². The van der Waals surface area contributed by atoms with Gasteiger partial charge in [0.05, 0.1) is 23.8 Å². The fraction of sp³-hybridized carbons (Fsp3) is 0.389. The molecule has 2 aliphatic rings. The highest BCUT2D eigenvalue weighted by atomic mass is 16.6. The molecule has 28 heavy (non-hydrogen) atoms. The monoisotopic (exact) mass is 386 g/mol. The molecule has 0 unspecified atom stereocenters. The number of Topliss-reactive ketones (excluding diaryl/α,β-unsaturated/α-hetero) is 1. The molecule has 1 saturated heterocycles. The minimum atomic E-state index is -0.691. The second-order valence-electron chi connectivity index (χ2n) is 6.56. The van der Waals surface area contributed by atoms with Gasteiger partial charge >= 0.3 is 5.76 Å². The topological polar surface area (TPSA) is 121 Å². The SMILES string of the molecule is O=C1CCCC(n2nc(-c3ccc([N+](=O)[O-])cc3)oc2=O)=C1N1CCOCC1. The highest BCUT2D eigenvalue weighted by Crippen LogP contribution is 2.29. The first-order chi connectivity index (χ1) is 13.5. The Morgan fingerprint density at radius 3 is 2.46 bits per heavy atom. The molecule has 4 rings (SSSR count). The Bertz CT molecular complexity index is 998. The van der Waals surface area contributed by atoms with Crippen molar-refractivity contribution in [2.45, 2.75) is 19.3 Å². The summed E-state index contributed by atoms with van der Waals surface area (Å²) in [5, 5.41) is 15.0. The van der Waals surface area contributed by atoms with Gasteiger partial charge < -0.3 is 14.1 Å². The van der Waals surface area contributed by atoms with E-state index in [1.54, 1.807) is 0 Å². The van der Waals surface area contributed by atoms with Crippen molar-refractivity contribution in [2.24, 2.45) is 0 Å². The van der Waals surface area contributed by atoms with Crippen LogP contribution in [0, 0.1) is 10.1 Å². The van der Waals surface area contributed by atoms with Gasteiger partial charge in [0.2, 0.25) is 5.89 Å². The molecule has 0 atom stereocenters. The molecule has 1 aromatic carbocycles. The summed E-state index contributed by atoms with van der Waals surface area (Å²) in [6, 6.07) is 5.57. The zero-order chi connectivity index (χ0) is 19.7. The second-order valence-corrected chi connectivity index (χ2v) is 6.56. The van der Waals surface area contributed by atoms with Gasteiger partial charge in [-0.2, -0.15) is 4.68 Å². The summed E-state index contributed by atoms with van der Waals surface area (Å²) in [7, 11) is 0. The Kier molecular flexibility index (Phi) is 4.78. The van der Waals surface area contributed by atoms with Crippen LogP contribution in [0.5, 0.6) is 0 Å². The standard InChI is InChI=1S/C18H18N4O6/c23-15-3-1-2-14(16(15)20-8-10-27-11-9-20)21-18(24)28-17(19-21)12-4-6-13(7-5-12)22(25)26/h4-7H,1-3,8-11H2. The van der Waals surface area contributed by atoms with Crippen molar-refractivity contribution in [1.29, 1.82) is 0 Å². The van der Waals surface area contributed by atoms with Crippen LogP contribution in [0.15, 0.2) is 39.2 Å². The van der Waals surface area contributed by atoms with Gasteiger partial charge in [0.25, 0.3) is 5.69 Å². The van der Waals surface area contributed by atoms with Gasteiger partial charge in [-0.15, -0.1) is 5.10 Å². The van der Waals surface area contributed by atoms with Gasteiger partial charge in [0.1, 0.15) is 5.70 Å². The van der Waals surface area contributed by atoms with Gasteiger partial charge in [0, 0.05) is 37.2 Å². The van der Waals surface area contributed by atoms with Crippen LogP contribution in [0.4, 0.5) is 5.69 Å². The van der Waals surface area contributed by atoms with Crippen LogP contribution in [-0.4, -0.2) is 51.7 Å². The van der Waals surface area contributed by atoms with Crippen molar-refractivity contribution in [3.8, 4) is 11.5 Å². The minimum Gasteiger partial charge on any atom is -0.387 e. The quantitative estimate of drug-likeness (QED) is 0.575. The van der Waals surface area contributed by atoms with E-state index in [0.29, 0.717) is 62.5 Å². The highest BCUT2D eigenvalue weighted by Gasteiger charge is 2.30. The van der Waals surface area contributed by atoms with E-state index in [4.69, 9.17) is 9.15 Å². The van der Waals surface area contributed by atoms with Crippen molar-refractivity contribution in [1.82, 2.24) is 14.7 Å². The number of nitro benzene ring substituents is 1. The Morgan fingerprint density at radius 2 is 1.79 bits per heavy atom. The van der Waals surface area contributed by atoms with Crippen molar-refractivity contribution < 1.29 is 18.9 Å². The summed E-state index contributed by atoms with van der Waals surface area (Å²) in [6.45, 7) is 2.19. The fourth-order valence-corrected chi connectivity index (χ4v) is 3.46. The van der Waals surface area contributed by atoms with E-state index in [1.165, 1.54) is 24.3 Å². The van der Waals surface area contributed by atoms with E-state index in [9.17, 15) is 19.7 Å². The highest BCUT2D eigenvalue weighted by molar-refractivity contribution is 6.01. The lowest BCUT2D eigenvalue weighted by atomic mass is 9.98. The molecule has 1 aliphatic heterocycles. The Balaban J connectivity index is 1.74. The number of nitrogens with zero attached hydrogens (tertiary/aromatic N) is 4. The molecule has 0 saturated carbocycles. The number of carbonyl (C=O) groups is 1. The van der Waals surface area contributed by atoms with Crippen molar-refractivity contribution >= 4 is 17.2 Å². The van der Waals surface area contributed by atoms with Crippen molar-refractivity contribution in [3.05, 3.63) is 50.6 Å². The summed E-state index contributed by atoms with van der Waals surface area (Å²) in [5.41, 5.74) is 1.40. The average molecular weight is 386 g/mol. The van der Waals surface area contributed by atoms with Gasteiger partial charge in [-0.05, 0) is 25.0 Å². The lowest BCUT2D eigenvalue weighted by Crippen LogP contribution is -2.40. The summed E-state index contributed by atoms with van der Waals surface area (Å²) in [6.07, 6.45) is 1.59. The van der Waals surface area contributed by atoms with E-state index in [0.717, 1.165) is 4.68 Å². The van der Waals surface area contributed by atoms with Gasteiger partial charge in [-0.25, -0.2) is 4.79 Å². The molecule has 2 heterocycles. The third kappa shape index (κ3) is 3.33. The maximum absolute atomic E-state index is 12.6. The Hall–Kier alpha value is -3.27. The number of nitro groups is 1. The summed E-state index contributed by atoms with van der Waals surface area (Å²) in [5.74, 6) is -0.662. The van der Waals surface area contributed by atoms with E-state index in [2.05, 4.69) is 5.10 Å². The summed E-state index contributed by atoms with van der Waals surface area (Å²) >= 11 is 0. The molecule has 0 amide bonds. The molecule has 1 fully saturated rings. The number of hydrogen-bond acceptors (Lipinski definition) is 8. The molecule has 10 heteroatoms. The first kappa shape index (κ1) is 18.1. The largest absolute Gasteiger partial charge is 0.441 e. The molecule has 10 nitrogen and oxygen atoms in total. The zero-order valence-corrected chi connectivity index (χ0v) is 15.0. The number of rotatable bonds is 4. The zero-order valence-electron chi connectivity index (χ0n) is 15.0. The van der Waals surface area contributed by atoms with Crippen molar-refractivity contribution in [2.75, 3.05) is 26.3 Å². The fourth-order valence-electron chi connectivity index (χ4n) is 3.46. The number of carbonyl (C=O) groups excluding carboxylic acids is 1. The molecule has 146 valence electrons. The maximum Gasteiger partial charge on any atom is 0.441 e. The van der Waals surface area contributed by atoms with Crippen molar-refractivity contribution in [3.63, 3.8) is 0 Å². The Morgan fingerprint density at radius 1 is 1.07 bits per heavy atom. The van der Waals surface area contributed by atoms with Crippen LogP contribution in [0.3, 0.4) is 0 Å². The van der Waals surface area contributed by atoms with Crippen LogP contribution < -0.4 is 5.76 Å². The van der Waals surface area contributed by atoms with Crippen LogP contribution in [0.1, 0.15) is 19.3 Å². The predicted octanol–water partition coefficient (Wildman–Crippen LogP) is 1.67. The maximum atomic E-state index is 12.6. The normalized spacial score (nSPS) is 17.9. The number of allylic oxidation sites excluding steroid dienone is 2. The smallest absolute Gasteiger partial charge is 0.387 e. The molecule has 0 N–H and O–H groups in total. The second kappa shape index (κ2) is 7.39. The number of ether oxygens (including phenoxy) is 1. The third-order valence-electron chi connectivity index (χ3n) is 4.81. The molecule has 0 spiro atoms. The van der Waals surface area contributed by atoms with E-state index in [1.807, 2.05) is 4.90 Å². The number of non-ortho nitro benzene ring substituents is 1. The molecular weight excluding hydrogens is 368 g/mol. The molecular formula is C18H18N4O6. The van der Waals surface area contributed by atoms with Gasteiger partial charge in [-0.1, -0.05) is 0 Å². The molecule has 0 radical (unpaired) electrons. The number of morpholine rings is 1. The van der Waals surface area contributed by atoms with E-state index < -0.39 is 10.7 Å². The van der Waals surface area contributed by atoms with E-state index in [-0.39, 0.29) is 17.4 Å². The first-order valence-corrected chi connectivity index (χ1v) is 8.99. The number of ketones is 1. The summed E-state index contributed by atoms with van der Waals surface area (Å²) in [4.78, 5) is 37.3. The summed E-state index contributed by atoms with van der Waals surface area (Å²) < 4.78 is 11.8. The average Bonchev–Trinajstić information content (AvgIpc) is 3.10. The molecule has 2 aromatic rings. The Labute approximate surface area is 159 Å². The first-order valence-electron chi connectivity index (χ1n) is 8.99. The molecule has 1 aliphatic carbocycles. The van der Waals surface area contributed by atoms with Crippen LogP contribution >= 0.6 is 0 Å². The number of hydrogen-bond donors (Lipinski definition) is 0. The lowest BCUT2D eigenvalue weighted by molar-refractivity contribution is -0.384. The van der Waals surface area contributed by atoms with Crippen LogP contribution in [0.2, 0.25) is 0 Å². The van der Waals surface area contributed by atoms with E-state index >= 15 is 0 Å². The van der Waals surface area contributed by atoms with Gasteiger partial charge in [0.15, 0.2) is 5.78 Å². The minimum absolute atomic E-state index is 0.0186. The van der Waals surface area contributed by atoms with Gasteiger partial charge in [-0.3, -0.25) is 14.9 Å². The predicted molar refractivity (Wildman–Crippen MR) is 97.3 cm³/mol. The molecule has 1 aromatic heterocycles. The number of aromatic nitrogens is 2. The van der Waals surface area contributed by atoms with Crippen LogP contribution in [0.25, 0.3) is 17.2 Å². The number of benzene rings is 1. The molecule has 0 bridgehead atoms. The lowest BCUT2D eigenvalue weighted by Gasteiger charge is -2.33.